The van der Waals surface area contributed by atoms with E-state index in [0.29, 0.717) is 12.0 Å². The molecule has 3 heterocycles. The lowest BCUT2D eigenvalue weighted by Gasteiger charge is -2.26. The number of esters is 1. The van der Waals surface area contributed by atoms with Gasteiger partial charge in [0.25, 0.3) is 0 Å². The van der Waals surface area contributed by atoms with Crippen LogP contribution in [0.4, 0.5) is 5.95 Å². The molecule has 15 nitrogen and oxygen atoms in total. The molecular weight excluding hydrogens is 641 g/mol. The van der Waals surface area contributed by atoms with Crippen LogP contribution < -0.4 is 20.1 Å². The number of rotatable bonds is 12. The summed E-state index contributed by atoms with van der Waals surface area (Å²) in [5.41, 5.74) is 4.59. The maximum Gasteiger partial charge on any atom is 0.459 e. The third kappa shape index (κ3) is 7.23. The standard InChI is InChI=1S/C32H40N7O8P/c1-7-43-27-24-26(36-30(34)37-27)39(18-35-24)29-32(6,16-33)25(40)23(46-29)15-45-48(42,38-19(2)28(41)44-17-31(3,4)5)47-22-14-10-12-20-11-8-9-13-21(20)22/h8-14,18-19,23,25,29,40H,7,15,17H2,1-6H3,(H,38,42)(H2,34,36,37). The highest BCUT2D eigenvalue weighted by Gasteiger charge is 2.56. The number of nitrogen functional groups attached to an aromatic ring is 1. The van der Waals surface area contributed by atoms with Crippen LogP contribution in [0.5, 0.6) is 11.6 Å². The van der Waals surface area contributed by atoms with Gasteiger partial charge >= 0.3 is 13.7 Å². The normalized spacial score (nSPS) is 23.0. The van der Waals surface area contributed by atoms with Crippen LogP contribution >= 0.6 is 7.75 Å². The number of carbonyl (C=O) groups excluding carboxylic acids is 1. The van der Waals surface area contributed by atoms with E-state index < -0.39 is 50.2 Å². The van der Waals surface area contributed by atoms with Gasteiger partial charge in [-0.3, -0.25) is 13.9 Å². The predicted octanol–water partition coefficient (Wildman–Crippen LogP) is 4.52. The van der Waals surface area contributed by atoms with Gasteiger partial charge in [-0.05, 0) is 37.6 Å². The summed E-state index contributed by atoms with van der Waals surface area (Å²) in [6.07, 6.45) is -2.36. The summed E-state index contributed by atoms with van der Waals surface area (Å²) >= 11 is 0. The summed E-state index contributed by atoms with van der Waals surface area (Å²) in [7, 11) is -4.39. The number of fused-ring (bicyclic) bond motifs is 2. The van der Waals surface area contributed by atoms with E-state index in [4.69, 9.17) is 29.0 Å². The van der Waals surface area contributed by atoms with Gasteiger partial charge in [-0.15, -0.1) is 0 Å². The highest BCUT2D eigenvalue weighted by atomic mass is 31.2. The van der Waals surface area contributed by atoms with E-state index in [1.54, 1.807) is 25.1 Å². The zero-order chi connectivity index (χ0) is 34.9. The molecule has 2 aromatic heterocycles. The maximum atomic E-state index is 14.4. The SMILES string of the molecule is CCOc1nc(N)nc2c1ncn2C1OC(COP(=O)(NC(C)C(=O)OCC(C)(C)C)Oc2cccc3ccccc23)C(O)C1(C)C#N. The van der Waals surface area contributed by atoms with Crippen LogP contribution in [0.3, 0.4) is 0 Å². The molecule has 2 aromatic carbocycles. The van der Waals surface area contributed by atoms with E-state index in [1.807, 2.05) is 45.0 Å². The lowest BCUT2D eigenvalue weighted by molar-refractivity contribution is -0.148. The van der Waals surface area contributed by atoms with Crippen molar-refractivity contribution in [2.45, 2.75) is 66.0 Å². The molecule has 4 N–H and O–H groups in total. The third-order valence-corrected chi connectivity index (χ3v) is 9.32. The Morgan fingerprint density at radius 2 is 1.98 bits per heavy atom. The van der Waals surface area contributed by atoms with Crippen LogP contribution in [-0.4, -0.2) is 68.7 Å². The van der Waals surface area contributed by atoms with E-state index in [-0.39, 0.29) is 40.8 Å². The number of anilines is 1. The van der Waals surface area contributed by atoms with Gasteiger partial charge in [0.15, 0.2) is 17.4 Å². The van der Waals surface area contributed by atoms with Crippen molar-refractivity contribution in [2.24, 2.45) is 10.8 Å². The zero-order valence-electron chi connectivity index (χ0n) is 27.6. The van der Waals surface area contributed by atoms with Crippen molar-refractivity contribution in [3.63, 3.8) is 0 Å². The molecule has 5 rings (SSSR count). The van der Waals surface area contributed by atoms with E-state index in [1.165, 1.54) is 24.7 Å². The zero-order valence-corrected chi connectivity index (χ0v) is 28.5. The fraction of sp³-hybridized carbons (Fsp3) is 0.469. The number of nitriles is 1. The van der Waals surface area contributed by atoms with Gasteiger partial charge in [0.2, 0.25) is 11.8 Å². The van der Waals surface area contributed by atoms with Crippen LogP contribution in [0, 0.1) is 22.2 Å². The monoisotopic (exact) mass is 681 g/mol. The molecule has 256 valence electrons. The summed E-state index contributed by atoms with van der Waals surface area (Å²) in [6.45, 7) is 10.4. The molecule has 6 atom stereocenters. The Labute approximate surface area is 277 Å². The molecule has 0 saturated carbocycles. The van der Waals surface area contributed by atoms with Crippen molar-refractivity contribution in [2.75, 3.05) is 25.6 Å². The Balaban J connectivity index is 1.43. The van der Waals surface area contributed by atoms with E-state index >= 15 is 0 Å². The average molecular weight is 682 g/mol. The largest absolute Gasteiger partial charge is 0.476 e. The van der Waals surface area contributed by atoms with E-state index in [9.17, 15) is 19.7 Å². The first-order valence-electron chi connectivity index (χ1n) is 15.4. The number of aliphatic hydroxyl groups is 1. The topological polar surface area (TPSA) is 206 Å². The van der Waals surface area contributed by atoms with E-state index in [2.05, 4.69) is 26.1 Å². The Hall–Kier alpha value is -4.32. The molecule has 0 aliphatic carbocycles. The minimum absolute atomic E-state index is 0.0856. The summed E-state index contributed by atoms with van der Waals surface area (Å²) in [5, 5.41) is 25.8. The number of nitrogens with two attached hydrogens (primary N) is 1. The molecule has 1 aliphatic heterocycles. The van der Waals surface area contributed by atoms with Gasteiger partial charge in [0.1, 0.15) is 29.4 Å². The van der Waals surface area contributed by atoms with Crippen LogP contribution in [0.25, 0.3) is 21.9 Å². The second kappa shape index (κ2) is 13.7. The minimum Gasteiger partial charge on any atom is -0.476 e. The molecule has 6 unspecified atom stereocenters. The van der Waals surface area contributed by atoms with E-state index in [0.717, 1.165) is 5.39 Å². The quantitative estimate of drug-likeness (QED) is 0.139. The molecular formula is C32H40N7O8P. The Morgan fingerprint density at radius 3 is 2.69 bits per heavy atom. The molecule has 48 heavy (non-hydrogen) atoms. The molecule has 1 fully saturated rings. The molecule has 4 aromatic rings. The van der Waals surface area contributed by atoms with Crippen LogP contribution in [0.15, 0.2) is 48.8 Å². The number of hydrogen-bond donors (Lipinski definition) is 3. The first-order valence-corrected chi connectivity index (χ1v) is 17.0. The number of aliphatic hydroxyl groups excluding tert-OH is 1. The first kappa shape index (κ1) is 35.0. The van der Waals surface area contributed by atoms with Gasteiger partial charge in [-0.25, -0.2) is 9.55 Å². The van der Waals surface area contributed by atoms with Crippen LogP contribution in [0.2, 0.25) is 0 Å². The van der Waals surface area contributed by atoms with Crippen LogP contribution in [-0.2, 0) is 23.4 Å². The van der Waals surface area contributed by atoms with Crippen molar-refractivity contribution in [3.05, 3.63) is 48.8 Å². The molecule has 1 saturated heterocycles. The van der Waals surface area contributed by atoms with Crippen molar-refractivity contribution >= 4 is 41.6 Å². The van der Waals surface area contributed by atoms with Gasteiger partial charge in [-0.2, -0.15) is 20.3 Å². The summed E-state index contributed by atoms with van der Waals surface area (Å²) in [6, 6.07) is 13.6. The first-order chi connectivity index (χ1) is 22.7. The summed E-state index contributed by atoms with van der Waals surface area (Å²) < 4.78 is 45.0. The number of hydrogen-bond acceptors (Lipinski definition) is 13. The maximum absolute atomic E-state index is 14.4. The number of aromatic nitrogens is 4. The molecule has 0 bridgehead atoms. The Bertz CT molecular complexity index is 1880. The lowest BCUT2D eigenvalue weighted by atomic mass is 9.84. The van der Waals surface area contributed by atoms with Crippen molar-refractivity contribution in [1.82, 2.24) is 24.6 Å². The van der Waals surface area contributed by atoms with Crippen molar-refractivity contribution < 1.29 is 37.7 Å². The minimum atomic E-state index is -4.39. The molecule has 16 heteroatoms. The summed E-state index contributed by atoms with van der Waals surface area (Å²) in [5.74, 6) is -0.357. The average Bonchev–Trinajstić information content (AvgIpc) is 3.56. The number of ether oxygens (including phenoxy) is 3. The Kier molecular flexibility index (Phi) is 9.96. The molecule has 0 amide bonds. The third-order valence-electron chi connectivity index (χ3n) is 7.69. The molecule has 1 aliphatic rings. The predicted molar refractivity (Wildman–Crippen MR) is 176 cm³/mol. The fourth-order valence-corrected chi connectivity index (χ4v) is 6.73. The number of imidazole rings is 1. The molecule has 0 radical (unpaired) electrons. The number of carbonyl (C=O) groups is 1. The number of nitrogens with one attached hydrogen (secondary N) is 1. The van der Waals surface area contributed by atoms with Gasteiger partial charge in [-0.1, -0.05) is 57.2 Å². The van der Waals surface area contributed by atoms with Gasteiger partial charge in [0.05, 0.1) is 32.2 Å². The second-order valence-corrected chi connectivity index (χ2v) is 14.6. The Morgan fingerprint density at radius 1 is 1.25 bits per heavy atom. The van der Waals surface area contributed by atoms with Gasteiger partial charge < -0.3 is 29.6 Å². The second-order valence-electron chi connectivity index (χ2n) is 12.9. The number of nitrogens with zero attached hydrogens (tertiary/aromatic N) is 5. The van der Waals surface area contributed by atoms with Crippen molar-refractivity contribution in [1.29, 1.82) is 5.26 Å². The highest BCUT2D eigenvalue weighted by Crippen LogP contribution is 2.50. The fourth-order valence-electron chi connectivity index (χ4n) is 5.20. The van der Waals surface area contributed by atoms with Crippen molar-refractivity contribution in [3.8, 4) is 17.7 Å². The highest BCUT2D eigenvalue weighted by molar-refractivity contribution is 7.52. The lowest BCUT2D eigenvalue weighted by Crippen LogP contribution is -2.39. The summed E-state index contributed by atoms with van der Waals surface area (Å²) in [4.78, 5) is 25.6. The molecule has 0 spiro atoms. The van der Waals surface area contributed by atoms with Crippen LogP contribution in [0.1, 0.15) is 47.8 Å². The number of benzene rings is 2. The van der Waals surface area contributed by atoms with Gasteiger partial charge in [0, 0.05) is 5.39 Å². The smallest absolute Gasteiger partial charge is 0.459 e.